The van der Waals surface area contributed by atoms with E-state index < -0.39 is 0 Å². The van der Waals surface area contributed by atoms with Crippen LogP contribution in [0.1, 0.15) is 33.1 Å². The maximum Gasteiger partial charge on any atom is 0.137 e. The van der Waals surface area contributed by atoms with Gasteiger partial charge in [0.2, 0.25) is 0 Å². The highest BCUT2D eigenvalue weighted by atomic mass is 16.1. The van der Waals surface area contributed by atoms with Gasteiger partial charge in [-0.15, -0.1) is 0 Å². The van der Waals surface area contributed by atoms with Crippen LogP contribution >= 0.6 is 0 Å². The van der Waals surface area contributed by atoms with Gasteiger partial charge in [-0.1, -0.05) is 13.8 Å². The summed E-state index contributed by atoms with van der Waals surface area (Å²) in [5.41, 5.74) is 0. The molecule has 1 heterocycles. The number of carbonyl (C=O) groups excluding carboxylic acids is 1. The molecule has 0 aliphatic carbocycles. The van der Waals surface area contributed by atoms with E-state index in [-0.39, 0.29) is 6.04 Å². The maximum absolute atomic E-state index is 10.8. The Morgan fingerprint density at radius 2 is 1.92 bits per heavy atom. The highest BCUT2D eigenvalue weighted by Gasteiger charge is 2.21. The summed E-state index contributed by atoms with van der Waals surface area (Å²) in [6, 6.07) is 0.187. The zero-order valence-corrected chi connectivity index (χ0v) is 8.12. The van der Waals surface area contributed by atoms with E-state index in [0.29, 0.717) is 5.92 Å². The van der Waals surface area contributed by atoms with Gasteiger partial charge in [0.05, 0.1) is 6.04 Å². The van der Waals surface area contributed by atoms with Crippen molar-refractivity contribution in [2.24, 2.45) is 5.92 Å². The highest BCUT2D eigenvalue weighted by molar-refractivity contribution is 5.57. The summed E-state index contributed by atoms with van der Waals surface area (Å²) in [4.78, 5) is 13.1. The molecule has 1 aliphatic rings. The number of carbonyl (C=O) groups is 1. The van der Waals surface area contributed by atoms with E-state index in [1.807, 2.05) is 0 Å². The molecule has 0 radical (unpaired) electrons. The first-order chi connectivity index (χ1) is 5.74. The van der Waals surface area contributed by atoms with Crippen LogP contribution in [0.4, 0.5) is 0 Å². The number of nitrogens with zero attached hydrogens (tertiary/aromatic N) is 1. The fraction of sp³-hybridized carbons (Fsp3) is 0.900. The summed E-state index contributed by atoms with van der Waals surface area (Å²) in [6.45, 7) is 6.59. The Kier molecular flexibility index (Phi) is 3.73. The van der Waals surface area contributed by atoms with E-state index in [0.717, 1.165) is 25.8 Å². The average Bonchev–Trinajstić information content (AvgIpc) is 2.51. The van der Waals surface area contributed by atoms with Crippen molar-refractivity contribution in [3.05, 3.63) is 0 Å². The maximum atomic E-state index is 10.8. The third kappa shape index (κ3) is 2.59. The van der Waals surface area contributed by atoms with Crippen LogP contribution in [-0.2, 0) is 4.79 Å². The Morgan fingerprint density at radius 1 is 1.33 bits per heavy atom. The van der Waals surface area contributed by atoms with Gasteiger partial charge in [-0.25, -0.2) is 0 Å². The zero-order chi connectivity index (χ0) is 8.97. The van der Waals surface area contributed by atoms with Crippen LogP contribution in [0.15, 0.2) is 0 Å². The van der Waals surface area contributed by atoms with E-state index in [1.54, 1.807) is 0 Å². The van der Waals surface area contributed by atoms with Gasteiger partial charge >= 0.3 is 0 Å². The first-order valence-corrected chi connectivity index (χ1v) is 4.93. The van der Waals surface area contributed by atoms with Crippen molar-refractivity contribution in [2.45, 2.75) is 39.2 Å². The molecule has 0 saturated carbocycles. The van der Waals surface area contributed by atoms with Crippen LogP contribution in [0, 0.1) is 5.92 Å². The van der Waals surface area contributed by atoms with Gasteiger partial charge in [0, 0.05) is 0 Å². The first kappa shape index (κ1) is 9.72. The molecule has 1 saturated heterocycles. The molecule has 1 aliphatic heterocycles. The van der Waals surface area contributed by atoms with Crippen LogP contribution in [0.3, 0.4) is 0 Å². The summed E-state index contributed by atoms with van der Waals surface area (Å²) in [5.74, 6) is 0.626. The van der Waals surface area contributed by atoms with Crippen molar-refractivity contribution in [2.75, 3.05) is 13.1 Å². The fourth-order valence-corrected chi connectivity index (χ4v) is 1.85. The topological polar surface area (TPSA) is 20.3 Å². The number of hydrogen-bond donors (Lipinski definition) is 0. The molecular formula is C10H19NO. The van der Waals surface area contributed by atoms with Crippen LogP contribution in [0.25, 0.3) is 0 Å². The number of rotatable bonds is 4. The Hall–Kier alpha value is -0.370. The minimum Gasteiger partial charge on any atom is -0.302 e. The van der Waals surface area contributed by atoms with Crippen LogP contribution in [0.2, 0.25) is 0 Å². The number of aldehydes is 1. The third-order valence-corrected chi connectivity index (χ3v) is 2.48. The van der Waals surface area contributed by atoms with Gasteiger partial charge in [-0.2, -0.15) is 0 Å². The SMILES string of the molecule is CC(C)CC(C=O)N1CCCC1. The number of hydrogen-bond acceptors (Lipinski definition) is 2. The third-order valence-electron chi connectivity index (χ3n) is 2.48. The minimum absolute atomic E-state index is 0.187. The van der Waals surface area contributed by atoms with Gasteiger partial charge in [0.25, 0.3) is 0 Å². The van der Waals surface area contributed by atoms with Crippen molar-refractivity contribution in [1.82, 2.24) is 4.90 Å². The molecule has 2 nitrogen and oxygen atoms in total. The predicted molar refractivity (Wildman–Crippen MR) is 50.1 cm³/mol. The Bertz CT molecular complexity index is 139. The lowest BCUT2D eigenvalue weighted by Gasteiger charge is -2.23. The average molecular weight is 169 g/mol. The minimum atomic E-state index is 0.187. The first-order valence-electron chi connectivity index (χ1n) is 4.93. The molecule has 2 heteroatoms. The monoisotopic (exact) mass is 169 g/mol. The van der Waals surface area contributed by atoms with E-state index in [9.17, 15) is 4.79 Å². The van der Waals surface area contributed by atoms with E-state index in [1.165, 1.54) is 12.8 Å². The van der Waals surface area contributed by atoms with E-state index in [4.69, 9.17) is 0 Å². The lowest BCUT2D eigenvalue weighted by molar-refractivity contribution is -0.112. The number of likely N-dealkylation sites (tertiary alicyclic amines) is 1. The molecule has 1 rings (SSSR count). The van der Waals surface area contributed by atoms with Crippen molar-refractivity contribution in [1.29, 1.82) is 0 Å². The normalized spacial score (nSPS) is 21.6. The standard InChI is InChI=1S/C10H19NO/c1-9(2)7-10(8-12)11-5-3-4-6-11/h8-10H,3-7H2,1-2H3. The lowest BCUT2D eigenvalue weighted by atomic mass is 10.0. The molecule has 0 N–H and O–H groups in total. The van der Waals surface area contributed by atoms with Gasteiger partial charge in [0.1, 0.15) is 6.29 Å². The smallest absolute Gasteiger partial charge is 0.137 e. The molecule has 12 heavy (non-hydrogen) atoms. The van der Waals surface area contributed by atoms with Crippen molar-refractivity contribution >= 4 is 6.29 Å². The molecule has 0 amide bonds. The highest BCUT2D eigenvalue weighted by Crippen LogP contribution is 2.15. The Labute approximate surface area is 74.9 Å². The van der Waals surface area contributed by atoms with Crippen molar-refractivity contribution in [3.8, 4) is 0 Å². The summed E-state index contributed by atoms with van der Waals surface area (Å²) in [6.07, 6.45) is 4.67. The second-order valence-electron chi connectivity index (χ2n) is 4.08. The van der Waals surface area contributed by atoms with Gasteiger partial charge in [-0.3, -0.25) is 4.90 Å². The van der Waals surface area contributed by atoms with Crippen LogP contribution in [0.5, 0.6) is 0 Å². The molecule has 0 aromatic rings. The van der Waals surface area contributed by atoms with Crippen molar-refractivity contribution < 1.29 is 4.79 Å². The molecule has 0 bridgehead atoms. The molecule has 1 fully saturated rings. The van der Waals surface area contributed by atoms with E-state index >= 15 is 0 Å². The van der Waals surface area contributed by atoms with Crippen molar-refractivity contribution in [3.63, 3.8) is 0 Å². The summed E-state index contributed by atoms with van der Waals surface area (Å²) < 4.78 is 0. The van der Waals surface area contributed by atoms with Crippen LogP contribution in [-0.4, -0.2) is 30.3 Å². The Balaban J connectivity index is 2.37. The van der Waals surface area contributed by atoms with Gasteiger partial charge in [-0.05, 0) is 38.3 Å². The molecule has 70 valence electrons. The lowest BCUT2D eigenvalue weighted by Crippen LogP contribution is -2.34. The fourth-order valence-electron chi connectivity index (χ4n) is 1.85. The molecule has 0 aromatic carbocycles. The van der Waals surface area contributed by atoms with E-state index in [2.05, 4.69) is 18.7 Å². The molecular weight excluding hydrogens is 150 g/mol. The van der Waals surface area contributed by atoms with Gasteiger partial charge in [0.15, 0.2) is 0 Å². The molecule has 0 aromatic heterocycles. The predicted octanol–water partition coefficient (Wildman–Crippen LogP) is 1.70. The summed E-state index contributed by atoms with van der Waals surface area (Å²) >= 11 is 0. The second kappa shape index (κ2) is 4.61. The van der Waals surface area contributed by atoms with Crippen LogP contribution < -0.4 is 0 Å². The zero-order valence-electron chi connectivity index (χ0n) is 8.12. The molecule has 0 spiro atoms. The summed E-state index contributed by atoms with van der Waals surface area (Å²) in [5, 5.41) is 0. The summed E-state index contributed by atoms with van der Waals surface area (Å²) in [7, 11) is 0. The molecule has 1 atom stereocenters. The van der Waals surface area contributed by atoms with Gasteiger partial charge < -0.3 is 4.79 Å². The quantitative estimate of drug-likeness (QED) is 0.597. The molecule has 1 unspecified atom stereocenters. The second-order valence-corrected chi connectivity index (χ2v) is 4.08. The Morgan fingerprint density at radius 3 is 2.33 bits per heavy atom. The largest absolute Gasteiger partial charge is 0.302 e.